The molecule has 1 heterocycles. The molecule has 0 aliphatic rings. The smallest absolute Gasteiger partial charge is 0.328 e. The molecule has 0 aliphatic heterocycles. The van der Waals surface area contributed by atoms with Gasteiger partial charge in [0.1, 0.15) is 5.82 Å². The number of hydrogen-bond acceptors (Lipinski definition) is 3. The highest BCUT2D eigenvalue weighted by atomic mass is 16.4. The Kier molecular flexibility index (Phi) is 4.72. The normalized spacial score (nSPS) is 10.8. The average Bonchev–Trinajstić information content (AvgIpc) is 2.46. The summed E-state index contributed by atoms with van der Waals surface area (Å²) in [6, 6.07) is 12.1. The molecule has 0 aliphatic carbocycles. The Morgan fingerprint density at radius 1 is 1.33 bits per heavy atom. The summed E-state index contributed by atoms with van der Waals surface area (Å²) in [5, 5.41) is 8.64. The van der Waals surface area contributed by atoms with E-state index in [-0.39, 0.29) is 0 Å². The minimum Gasteiger partial charge on any atom is -0.478 e. The third kappa shape index (κ3) is 4.18. The van der Waals surface area contributed by atoms with Crippen LogP contribution in [0.2, 0.25) is 0 Å². The first-order valence-corrected chi connectivity index (χ1v) is 6.69. The lowest BCUT2D eigenvalue weighted by Crippen LogP contribution is -2.18. The van der Waals surface area contributed by atoms with Crippen molar-refractivity contribution in [1.82, 2.24) is 4.98 Å². The van der Waals surface area contributed by atoms with Crippen LogP contribution < -0.4 is 4.90 Å². The molecule has 0 saturated heterocycles. The summed E-state index contributed by atoms with van der Waals surface area (Å²) in [5.41, 5.74) is 3.02. The maximum Gasteiger partial charge on any atom is 0.328 e. The van der Waals surface area contributed by atoms with Crippen LogP contribution in [-0.2, 0) is 11.3 Å². The van der Waals surface area contributed by atoms with E-state index in [1.54, 1.807) is 12.3 Å². The Morgan fingerprint density at radius 2 is 2.05 bits per heavy atom. The third-order valence-electron chi connectivity index (χ3n) is 3.11. The van der Waals surface area contributed by atoms with E-state index in [9.17, 15) is 4.79 Å². The molecule has 0 radical (unpaired) electrons. The summed E-state index contributed by atoms with van der Waals surface area (Å²) in [5.74, 6) is -0.0655. The van der Waals surface area contributed by atoms with Crippen molar-refractivity contribution < 1.29 is 9.90 Å². The van der Waals surface area contributed by atoms with Crippen molar-refractivity contribution >= 4 is 17.9 Å². The number of aliphatic carboxylic acids is 1. The molecule has 1 N–H and O–H groups in total. The number of pyridine rings is 1. The highest BCUT2D eigenvalue weighted by Gasteiger charge is 2.07. The van der Waals surface area contributed by atoms with Crippen LogP contribution >= 0.6 is 0 Å². The van der Waals surface area contributed by atoms with E-state index >= 15 is 0 Å². The fourth-order valence-electron chi connectivity index (χ4n) is 2.18. The van der Waals surface area contributed by atoms with E-state index in [0.717, 1.165) is 29.6 Å². The molecule has 21 heavy (non-hydrogen) atoms. The fourth-order valence-corrected chi connectivity index (χ4v) is 2.18. The molecular weight excluding hydrogens is 264 g/mol. The zero-order valence-corrected chi connectivity index (χ0v) is 12.2. The molecule has 4 heteroatoms. The monoisotopic (exact) mass is 282 g/mol. The summed E-state index contributed by atoms with van der Waals surface area (Å²) in [6.07, 6.45) is 4.34. The summed E-state index contributed by atoms with van der Waals surface area (Å²) < 4.78 is 0. The molecule has 0 bridgehead atoms. The fraction of sp³-hybridized carbons (Fsp3) is 0.176. The number of rotatable bonds is 5. The molecule has 1 aromatic heterocycles. The lowest BCUT2D eigenvalue weighted by molar-refractivity contribution is -0.131. The summed E-state index contributed by atoms with van der Waals surface area (Å²) in [7, 11) is 2.00. The van der Waals surface area contributed by atoms with Crippen molar-refractivity contribution in [2.75, 3.05) is 11.9 Å². The topological polar surface area (TPSA) is 53.4 Å². The van der Waals surface area contributed by atoms with Gasteiger partial charge in [0.15, 0.2) is 0 Å². The van der Waals surface area contributed by atoms with Crippen molar-refractivity contribution in [1.29, 1.82) is 0 Å². The molecule has 0 fully saturated rings. The second kappa shape index (κ2) is 6.70. The number of nitrogens with zero attached hydrogens (tertiary/aromatic N) is 2. The van der Waals surface area contributed by atoms with Crippen molar-refractivity contribution in [3.8, 4) is 0 Å². The Morgan fingerprint density at radius 3 is 2.67 bits per heavy atom. The highest BCUT2D eigenvalue weighted by molar-refractivity contribution is 5.85. The van der Waals surface area contributed by atoms with Gasteiger partial charge in [0.25, 0.3) is 0 Å². The molecule has 0 spiro atoms. The van der Waals surface area contributed by atoms with Crippen LogP contribution in [0.4, 0.5) is 5.82 Å². The number of carboxylic acid groups (broad SMARTS) is 1. The van der Waals surface area contributed by atoms with E-state index < -0.39 is 5.97 Å². The van der Waals surface area contributed by atoms with E-state index in [1.807, 2.05) is 38.2 Å². The zero-order chi connectivity index (χ0) is 15.2. The maximum absolute atomic E-state index is 10.5. The highest BCUT2D eigenvalue weighted by Crippen LogP contribution is 2.19. The number of carbonyl (C=O) groups is 1. The summed E-state index contributed by atoms with van der Waals surface area (Å²) in [4.78, 5) is 17.0. The molecular formula is C17H18N2O2. The van der Waals surface area contributed by atoms with Gasteiger partial charge in [-0.2, -0.15) is 0 Å². The van der Waals surface area contributed by atoms with Crippen molar-refractivity contribution in [3.05, 3.63) is 65.4 Å². The summed E-state index contributed by atoms with van der Waals surface area (Å²) >= 11 is 0. The van der Waals surface area contributed by atoms with Gasteiger partial charge in [0.2, 0.25) is 0 Å². The average molecular weight is 282 g/mol. The molecule has 0 amide bonds. The number of anilines is 1. The van der Waals surface area contributed by atoms with Crippen LogP contribution in [0.25, 0.3) is 6.08 Å². The lowest BCUT2D eigenvalue weighted by atomic mass is 10.1. The van der Waals surface area contributed by atoms with Crippen LogP contribution in [-0.4, -0.2) is 23.1 Å². The molecule has 1 aromatic carbocycles. The molecule has 2 aromatic rings. The Balaban J connectivity index is 2.15. The number of aromatic nitrogens is 1. The van der Waals surface area contributed by atoms with E-state index in [1.165, 1.54) is 5.56 Å². The Labute approximate surface area is 124 Å². The first-order valence-electron chi connectivity index (χ1n) is 6.69. The van der Waals surface area contributed by atoms with Gasteiger partial charge in [-0.25, -0.2) is 9.78 Å². The molecule has 0 atom stereocenters. The van der Waals surface area contributed by atoms with Gasteiger partial charge in [-0.3, -0.25) is 0 Å². The number of hydrogen-bond donors (Lipinski definition) is 1. The van der Waals surface area contributed by atoms with Gasteiger partial charge in [-0.15, -0.1) is 0 Å². The van der Waals surface area contributed by atoms with Crippen LogP contribution in [0.3, 0.4) is 0 Å². The molecule has 0 unspecified atom stereocenters. The maximum atomic E-state index is 10.5. The van der Waals surface area contributed by atoms with Gasteiger partial charge in [0.05, 0.1) is 0 Å². The minimum atomic E-state index is -0.960. The number of benzene rings is 1. The van der Waals surface area contributed by atoms with Crippen LogP contribution in [0.1, 0.15) is 16.7 Å². The van der Waals surface area contributed by atoms with Crippen LogP contribution in [0.5, 0.6) is 0 Å². The second-order valence-corrected chi connectivity index (χ2v) is 4.92. The van der Waals surface area contributed by atoms with Gasteiger partial charge in [-0.05, 0) is 35.8 Å². The Bertz CT molecular complexity index is 651. The van der Waals surface area contributed by atoms with Crippen molar-refractivity contribution in [3.63, 3.8) is 0 Å². The first-order chi connectivity index (χ1) is 10.1. The zero-order valence-electron chi connectivity index (χ0n) is 12.2. The quantitative estimate of drug-likeness (QED) is 0.856. The molecule has 108 valence electrons. The molecule has 0 saturated carbocycles. The van der Waals surface area contributed by atoms with Crippen molar-refractivity contribution in [2.45, 2.75) is 13.5 Å². The predicted molar refractivity (Wildman–Crippen MR) is 84.2 cm³/mol. The molecule has 2 rings (SSSR count). The minimum absolute atomic E-state index is 0.777. The Hall–Kier alpha value is -2.62. The first kappa shape index (κ1) is 14.8. The van der Waals surface area contributed by atoms with Crippen LogP contribution in [0.15, 0.2) is 48.7 Å². The number of carboxylic acids is 1. The lowest BCUT2D eigenvalue weighted by Gasteiger charge is -2.20. The third-order valence-corrected chi connectivity index (χ3v) is 3.11. The van der Waals surface area contributed by atoms with Gasteiger partial charge in [-0.1, -0.05) is 30.3 Å². The second-order valence-electron chi connectivity index (χ2n) is 4.92. The predicted octanol–water partition coefficient (Wildman–Crippen LogP) is 3.12. The largest absolute Gasteiger partial charge is 0.478 e. The van der Waals surface area contributed by atoms with E-state index in [0.29, 0.717) is 0 Å². The standard InChI is InChI=1S/C17H18N2O2/c1-13-10-15(8-9-16(20)21)11-18-17(13)19(2)12-14-6-4-3-5-7-14/h3-11H,12H2,1-2H3,(H,20,21)/b9-8+. The van der Waals surface area contributed by atoms with Crippen molar-refractivity contribution in [2.24, 2.45) is 0 Å². The van der Waals surface area contributed by atoms with Gasteiger partial charge >= 0.3 is 5.97 Å². The van der Waals surface area contributed by atoms with E-state index in [4.69, 9.17) is 5.11 Å². The molecule has 4 nitrogen and oxygen atoms in total. The van der Waals surface area contributed by atoms with Gasteiger partial charge in [0, 0.05) is 25.9 Å². The number of aryl methyl sites for hydroxylation is 1. The van der Waals surface area contributed by atoms with Crippen LogP contribution in [0, 0.1) is 6.92 Å². The summed E-state index contributed by atoms with van der Waals surface area (Å²) in [6.45, 7) is 2.75. The SMILES string of the molecule is Cc1cc(/C=C/C(=O)O)cnc1N(C)Cc1ccccc1. The van der Waals surface area contributed by atoms with Gasteiger partial charge < -0.3 is 10.0 Å². The van der Waals surface area contributed by atoms with E-state index in [2.05, 4.69) is 22.0 Å².